The number of nitrogens with zero attached hydrogens (tertiary/aromatic N) is 2. The van der Waals surface area contributed by atoms with Gasteiger partial charge in [0.25, 0.3) is 0 Å². The zero-order chi connectivity index (χ0) is 17.9. The van der Waals surface area contributed by atoms with Gasteiger partial charge in [-0.2, -0.15) is 0 Å². The Morgan fingerprint density at radius 1 is 1.04 bits per heavy atom. The lowest BCUT2D eigenvalue weighted by Crippen LogP contribution is -2.54. The van der Waals surface area contributed by atoms with Crippen molar-refractivity contribution < 1.29 is 24.3 Å². The number of likely N-dealkylation sites (tertiary alicyclic amines) is 2. The smallest absolute Gasteiger partial charge is 0.326 e. The van der Waals surface area contributed by atoms with E-state index in [2.05, 4.69) is 0 Å². The van der Waals surface area contributed by atoms with Crippen LogP contribution in [-0.2, 0) is 19.2 Å². The van der Waals surface area contributed by atoms with Crippen molar-refractivity contribution in [3.63, 3.8) is 0 Å². The SMILES string of the molecule is NC(=O)CC[C@H](N)C(=O)N1CCC[C@H]1C(=O)N1CCC[C@H]1C(=O)O. The molecule has 2 heterocycles. The van der Waals surface area contributed by atoms with E-state index < -0.39 is 35.9 Å². The van der Waals surface area contributed by atoms with Gasteiger partial charge in [0, 0.05) is 19.5 Å². The Kier molecular flexibility index (Phi) is 5.76. The number of rotatable bonds is 6. The molecule has 0 aromatic rings. The highest BCUT2D eigenvalue weighted by Gasteiger charge is 2.42. The van der Waals surface area contributed by atoms with Crippen LogP contribution in [-0.4, -0.2) is 69.8 Å². The van der Waals surface area contributed by atoms with E-state index in [1.165, 1.54) is 9.80 Å². The van der Waals surface area contributed by atoms with Gasteiger partial charge in [0.05, 0.1) is 6.04 Å². The number of hydrogen-bond donors (Lipinski definition) is 3. The molecule has 0 aromatic heterocycles. The van der Waals surface area contributed by atoms with Crippen molar-refractivity contribution in [3.05, 3.63) is 0 Å². The third kappa shape index (κ3) is 3.84. The van der Waals surface area contributed by atoms with Crippen LogP contribution >= 0.6 is 0 Å². The predicted molar refractivity (Wildman–Crippen MR) is 83.5 cm³/mol. The second-order valence-electron chi connectivity index (χ2n) is 6.33. The van der Waals surface area contributed by atoms with Crippen LogP contribution in [0.1, 0.15) is 38.5 Å². The fraction of sp³-hybridized carbons (Fsp3) is 0.733. The molecule has 9 nitrogen and oxygen atoms in total. The Bertz CT molecular complexity index is 538. The van der Waals surface area contributed by atoms with Gasteiger partial charge in [0.1, 0.15) is 12.1 Å². The molecule has 0 saturated carbocycles. The number of nitrogens with two attached hydrogens (primary N) is 2. The van der Waals surface area contributed by atoms with Crippen molar-refractivity contribution in [2.45, 2.75) is 56.7 Å². The number of carbonyl (C=O) groups excluding carboxylic acids is 3. The summed E-state index contributed by atoms with van der Waals surface area (Å²) in [6.45, 7) is 0.799. The Labute approximate surface area is 139 Å². The molecule has 0 bridgehead atoms. The quantitative estimate of drug-likeness (QED) is 0.544. The first-order chi connectivity index (χ1) is 11.3. The van der Waals surface area contributed by atoms with E-state index in [4.69, 9.17) is 11.5 Å². The summed E-state index contributed by atoms with van der Waals surface area (Å²) in [6.07, 6.45) is 2.37. The van der Waals surface area contributed by atoms with E-state index in [0.29, 0.717) is 38.8 Å². The number of hydrogen-bond acceptors (Lipinski definition) is 5. The summed E-state index contributed by atoms with van der Waals surface area (Å²) in [5.41, 5.74) is 10.9. The van der Waals surface area contributed by atoms with Gasteiger partial charge in [-0.05, 0) is 32.1 Å². The molecular weight excluding hydrogens is 316 g/mol. The van der Waals surface area contributed by atoms with Gasteiger partial charge in [0.2, 0.25) is 17.7 Å². The van der Waals surface area contributed by atoms with Gasteiger partial charge in [0.15, 0.2) is 0 Å². The number of carbonyl (C=O) groups is 4. The van der Waals surface area contributed by atoms with Crippen LogP contribution in [0.4, 0.5) is 0 Å². The minimum atomic E-state index is -1.02. The van der Waals surface area contributed by atoms with Gasteiger partial charge in [-0.1, -0.05) is 0 Å². The Morgan fingerprint density at radius 3 is 2.21 bits per heavy atom. The van der Waals surface area contributed by atoms with Gasteiger partial charge < -0.3 is 26.4 Å². The predicted octanol–water partition coefficient (Wildman–Crippen LogP) is -1.35. The van der Waals surface area contributed by atoms with Crippen molar-refractivity contribution in [1.29, 1.82) is 0 Å². The Morgan fingerprint density at radius 2 is 1.62 bits per heavy atom. The summed E-state index contributed by atoms with van der Waals surface area (Å²) in [5.74, 6) is -2.27. The van der Waals surface area contributed by atoms with Crippen LogP contribution < -0.4 is 11.5 Å². The summed E-state index contributed by atoms with van der Waals surface area (Å²) in [4.78, 5) is 50.0. The number of amides is 3. The zero-order valence-corrected chi connectivity index (χ0v) is 13.5. The summed E-state index contributed by atoms with van der Waals surface area (Å²) in [5, 5.41) is 9.22. The average Bonchev–Trinajstić information content (AvgIpc) is 3.19. The minimum absolute atomic E-state index is 0.00652. The molecule has 0 aliphatic carbocycles. The molecule has 0 unspecified atom stereocenters. The Balaban J connectivity index is 2.04. The average molecular weight is 340 g/mol. The van der Waals surface area contributed by atoms with Gasteiger partial charge in [-0.25, -0.2) is 4.79 Å². The van der Waals surface area contributed by atoms with E-state index in [9.17, 15) is 24.3 Å². The molecule has 134 valence electrons. The van der Waals surface area contributed by atoms with Gasteiger partial charge >= 0.3 is 5.97 Å². The zero-order valence-electron chi connectivity index (χ0n) is 13.5. The van der Waals surface area contributed by atoms with E-state index in [-0.39, 0.29) is 18.7 Å². The summed E-state index contributed by atoms with van der Waals surface area (Å²) in [7, 11) is 0. The molecule has 0 aromatic carbocycles. The van der Waals surface area contributed by atoms with Crippen LogP contribution in [0.25, 0.3) is 0 Å². The molecule has 2 saturated heterocycles. The van der Waals surface area contributed by atoms with Crippen LogP contribution in [0, 0.1) is 0 Å². The van der Waals surface area contributed by atoms with Crippen molar-refractivity contribution >= 4 is 23.7 Å². The fourth-order valence-corrected chi connectivity index (χ4v) is 3.40. The second-order valence-corrected chi connectivity index (χ2v) is 6.33. The number of carboxylic acid groups (broad SMARTS) is 1. The maximum atomic E-state index is 12.7. The monoisotopic (exact) mass is 340 g/mol. The van der Waals surface area contributed by atoms with Crippen LogP contribution in [0.15, 0.2) is 0 Å². The van der Waals surface area contributed by atoms with Gasteiger partial charge in [-0.15, -0.1) is 0 Å². The lowest BCUT2D eigenvalue weighted by atomic mass is 10.1. The lowest BCUT2D eigenvalue weighted by molar-refractivity contribution is -0.152. The maximum Gasteiger partial charge on any atom is 0.326 e. The van der Waals surface area contributed by atoms with Crippen LogP contribution in [0.3, 0.4) is 0 Å². The minimum Gasteiger partial charge on any atom is -0.480 e. The van der Waals surface area contributed by atoms with Crippen LogP contribution in [0.5, 0.6) is 0 Å². The van der Waals surface area contributed by atoms with Crippen molar-refractivity contribution in [3.8, 4) is 0 Å². The largest absolute Gasteiger partial charge is 0.480 e. The molecule has 2 aliphatic heterocycles. The summed E-state index contributed by atoms with van der Waals surface area (Å²) < 4.78 is 0. The normalized spacial score (nSPS) is 24.9. The molecule has 2 rings (SSSR count). The second kappa shape index (κ2) is 7.61. The topological polar surface area (TPSA) is 147 Å². The first kappa shape index (κ1) is 18.2. The molecule has 2 aliphatic rings. The molecule has 3 atom stereocenters. The van der Waals surface area contributed by atoms with Crippen molar-refractivity contribution in [2.75, 3.05) is 13.1 Å². The highest BCUT2D eigenvalue weighted by molar-refractivity contribution is 5.92. The maximum absolute atomic E-state index is 12.7. The first-order valence-electron chi connectivity index (χ1n) is 8.20. The highest BCUT2D eigenvalue weighted by atomic mass is 16.4. The van der Waals surface area contributed by atoms with E-state index in [1.54, 1.807) is 0 Å². The third-order valence-electron chi connectivity index (χ3n) is 4.66. The fourth-order valence-electron chi connectivity index (χ4n) is 3.40. The molecule has 2 fully saturated rings. The number of carboxylic acids is 1. The van der Waals surface area contributed by atoms with Crippen molar-refractivity contribution in [1.82, 2.24) is 9.80 Å². The molecule has 3 amide bonds. The molecule has 9 heteroatoms. The molecule has 0 radical (unpaired) electrons. The van der Waals surface area contributed by atoms with Crippen molar-refractivity contribution in [2.24, 2.45) is 11.5 Å². The molecule has 5 N–H and O–H groups in total. The molecular formula is C15H24N4O5. The highest BCUT2D eigenvalue weighted by Crippen LogP contribution is 2.25. The molecule has 24 heavy (non-hydrogen) atoms. The third-order valence-corrected chi connectivity index (χ3v) is 4.66. The summed E-state index contributed by atoms with van der Waals surface area (Å²) >= 11 is 0. The van der Waals surface area contributed by atoms with E-state index in [0.717, 1.165) is 0 Å². The van der Waals surface area contributed by atoms with E-state index >= 15 is 0 Å². The summed E-state index contributed by atoms with van der Waals surface area (Å²) in [6, 6.07) is -2.38. The number of aliphatic carboxylic acids is 1. The van der Waals surface area contributed by atoms with Crippen LogP contribution in [0.2, 0.25) is 0 Å². The standard InChI is InChI=1S/C15H24N4O5/c16-9(5-6-12(17)20)13(21)18-7-1-3-10(18)14(22)19-8-2-4-11(19)15(23)24/h9-11H,1-8,16H2,(H2,17,20)(H,23,24)/t9-,10-,11-/m0/s1. The lowest BCUT2D eigenvalue weighted by Gasteiger charge is -2.31. The molecule has 0 spiro atoms. The van der Waals surface area contributed by atoms with Gasteiger partial charge in [-0.3, -0.25) is 14.4 Å². The number of primary amides is 1. The Hall–Kier alpha value is -2.16. The van der Waals surface area contributed by atoms with E-state index in [1.807, 2.05) is 0 Å². The first-order valence-corrected chi connectivity index (χ1v) is 8.20.